The third-order valence-corrected chi connectivity index (χ3v) is 5.91. The van der Waals surface area contributed by atoms with E-state index >= 15 is 0 Å². The van der Waals surface area contributed by atoms with Crippen molar-refractivity contribution < 1.29 is 4.74 Å². The minimum absolute atomic E-state index is 0.0125. The van der Waals surface area contributed by atoms with Crippen molar-refractivity contribution in [3.05, 3.63) is 28.8 Å². The van der Waals surface area contributed by atoms with Crippen LogP contribution in [0.3, 0.4) is 0 Å². The van der Waals surface area contributed by atoms with Crippen LogP contribution in [0.2, 0.25) is 5.02 Å². The first-order valence-corrected chi connectivity index (χ1v) is 8.09. The van der Waals surface area contributed by atoms with E-state index in [-0.39, 0.29) is 6.04 Å². The average molecular weight is 290 g/mol. The lowest BCUT2D eigenvalue weighted by molar-refractivity contribution is 0.405. The van der Waals surface area contributed by atoms with Crippen molar-refractivity contribution >= 4 is 35.1 Å². The summed E-state index contributed by atoms with van der Waals surface area (Å²) in [6, 6.07) is 5.63. The molecule has 0 radical (unpaired) electrons. The van der Waals surface area contributed by atoms with Crippen molar-refractivity contribution in [1.29, 1.82) is 0 Å². The standard InChI is InChI=1S/C12H16ClNOS2/c1-15-10-3-2-8(13)6-9(10)12(14)11-7-16-4-5-17-11/h2-3,6,11-12H,4-5,7,14H2,1H3. The van der Waals surface area contributed by atoms with E-state index in [1.54, 1.807) is 7.11 Å². The van der Waals surface area contributed by atoms with Crippen LogP contribution in [-0.2, 0) is 0 Å². The Bertz CT molecular complexity index is 383. The molecule has 1 saturated heterocycles. The van der Waals surface area contributed by atoms with E-state index in [2.05, 4.69) is 0 Å². The SMILES string of the molecule is COc1ccc(Cl)cc1C(N)C1CSCCS1. The van der Waals surface area contributed by atoms with E-state index in [0.29, 0.717) is 10.3 Å². The number of hydrogen-bond donors (Lipinski definition) is 1. The van der Waals surface area contributed by atoms with Gasteiger partial charge >= 0.3 is 0 Å². The lowest BCUT2D eigenvalue weighted by Gasteiger charge is -2.28. The summed E-state index contributed by atoms with van der Waals surface area (Å²) in [5, 5.41) is 1.16. The first-order valence-electron chi connectivity index (χ1n) is 5.50. The van der Waals surface area contributed by atoms with Crippen LogP contribution >= 0.6 is 35.1 Å². The number of hydrogen-bond acceptors (Lipinski definition) is 4. The lowest BCUT2D eigenvalue weighted by Crippen LogP contribution is -2.29. The average Bonchev–Trinajstić information content (AvgIpc) is 2.39. The minimum Gasteiger partial charge on any atom is -0.496 e. The summed E-state index contributed by atoms with van der Waals surface area (Å²) in [5.74, 6) is 4.33. The number of nitrogens with two attached hydrogens (primary N) is 1. The topological polar surface area (TPSA) is 35.2 Å². The largest absolute Gasteiger partial charge is 0.496 e. The molecule has 94 valence electrons. The molecular formula is C12H16ClNOS2. The second-order valence-corrected chi connectivity index (χ2v) is 6.83. The summed E-state index contributed by atoms with van der Waals surface area (Å²) in [6.45, 7) is 0. The van der Waals surface area contributed by atoms with Gasteiger partial charge in [-0.15, -0.1) is 0 Å². The fraction of sp³-hybridized carbons (Fsp3) is 0.500. The number of rotatable bonds is 3. The Morgan fingerprint density at radius 2 is 2.29 bits per heavy atom. The molecule has 1 fully saturated rings. The quantitative estimate of drug-likeness (QED) is 0.927. The normalized spacial score (nSPS) is 22.2. The zero-order chi connectivity index (χ0) is 12.3. The van der Waals surface area contributed by atoms with Gasteiger partial charge in [0.1, 0.15) is 5.75 Å². The Labute approximate surface area is 116 Å². The summed E-state index contributed by atoms with van der Waals surface area (Å²) in [5.41, 5.74) is 7.36. The molecule has 1 aliphatic rings. The van der Waals surface area contributed by atoms with Crippen LogP contribution < -0.4 is 10.5 Å². The first kappa shape index (κ1) is 13.4. The molecule has 0 bridgehead atoms. The van der Waals surface area contributed by atoms with E-state index in [4.69, 9.17) is 22.1 Å². The molecule has 1 aromatic carbocycles. The van der Waals surface area contributed by atoms with Crippen LogP contribution in [0.4, 0.5) is 0 Å². The highest BCUT2D eigenvalue weighted by Gasteiger charge is 2.25. The van der Waals surface area contributed by atoms with E-state index in [1.807, 2.05) is 41.7 Å². The van der Waals surface area contributed by atoms with Crippen molar-refractivity contribution in [3.8, 4) is 5.75 Å². The number of thioether (sulfide) groups is 2. The van der Waals surface area contributed by atoms with Gasteiger partial charge in [0.2, 0.25) is 0 Å². The molecule has 0 saturated carbocycles. The molecule has 5 heteroatoms. The summed E-state index contributed by atoms with van der Waals surface area (Å²) < 4.78 is 5.36. The molecule has 0 aromatic heterocycles. The van der Waals surface area contributed by atoms with Gasteiger partial charge in [0, 0.05) is 39.1 Å². The predicted octanol–water partition coefficient (Wildman–Crippen LogP) is 3.20. The second-order valence-electron chi connectivity index (χ2n) is 3.90. The Kier molecular flexibility index (Phi) is 4.91. The molecule has 0 aliphatic carbocycles. The second kappa shape index (κ2) is 6.23. The van der Waals surface area contributed by atoms with Crippen LogP contribution in [0.5, 0.6) is 5.75 Å². The summed E-state index contributed by atoms with van der Waals surface area (Å²) in [7, 11) is 1.67. The predicted molar refractivity (Wildman–Crippen MR) is 78.5 cm³/mol. The van der Waals surface area contributed by atoms with Gasteiger partial charge in [-0.25, -0.2) is 0 Å². The molecule has 2 unspecified atom stereocenters. The monoisotopic (exact) mass is 289 g/mol. The molecule has 0 amide bonds. The van der Waals surface area contributed by atoms with E-state index in [1.165, 1.54) is 11.5 Å². The maximum Gasteiger partial charge on any atom is 0.123 e. The number of ether oxygens (including phenoxy) is 1. The van der Waals surface area contributed by atoms with Crippen LogP contribution in [0.1, 0.15) is 11.6 Å². The molecule has 1 aromatic rings. The zero-order valence-corrected chi connectivity index (χ0v) is 12.1. The molecule has 2 N–H and O–H groups in total. The molecule has 0 spiro atoms. The van der Waals surface area contributed by atoms with Gasteiger partial charge in [0.15, 0.2) is 0 Å². The Morgan fingerprint density at radius 1 is 1.47 bits per heavy atom. The van der Waals surface area contributed by atoms with Crippen LogP contribution in [0, 0.1) is 0 Å². The zero-order valence-electron chi connectivity index (χ0n) is 9.69. The molecule has 2 rings (SSSR count). The maximum absolute atomic E-state index is 6.34. The summed E-state index contributed by atoms with van der Waals surface area (Å²) in [4.78, 5) is 0. The van der Waals surface area contributed by atoms with Crippen molar-refractivity contribution in [3.63, 3.8) is 0 Å². The molecule has 2 nitrogen and oxygen atoms in total. The van der Waals surface area contributed by atoms with E-state index < -0.39 is 0 Å². The fourth-order valence-corrected chi connectivity index (χ4v) is 4.85. The highest BCUT2D eigenvalue weighted by Crippen LogP contribution is 2.36. The number of halogens is 1. The van der Waals surface area contributed by atoms with Crippen molar-refractivity contribution in [1.82, 2.24) is 0 Å². The molecule has 17 heavy (non-hydrogen) atoms. The van der Waals surface area contributed by atoms with Crippen molar-refractivity contribution in [2.45, 2.75) is 11.3 Å². The van der Waals surface area contributed by atoms with Crippen LogP contribution in [-0.4, -0.2) is 29.6 Å². The highest BCUT2D eigenvalue weighted by atomic mass is 35.5. The third kappa shape index (κ3) is 3.25. The van der Waals surface area contributed by atoms with Gasteiger partial charge in [-0.05, 0) is 18.2 Å². The van der Waals surface area contributed by atoms with Gasteiger partial charge in [0.05, 0.1) is 7.11 Å². The van der Waals surface area contributed by atoms with E-state index in [9.17, 15) is 0 Å². The molecule has 2 atom stereocenters. The summed E-state index contributed by atoms with van der Waals surface area (Å²) in [6.07, 6.45) is 0. The lowest BCUT2D eigenvalue weighted by atomic mass is 10.0. The fourth-order valence-electron chi connectivity index (χ4n) is 1.88. The van der Waals surface area contributed by atoms with Gasteiger partial charge in [-0.3, -0.25) is 0 Å². The van der Waals surface area contributed by atoms with Crippen LogP contribution in [0.15, 0.2) is 18.2 Å². The highest BCUT2D eigenvalue weighted by molar-refractivity contribution is 8.06. The molecule has 1 aliphatic heterocycles. The van der Waals surface area contributed by atoms with Gasteiger partial charge < -0.3 is 10.5 Å². The minimum atomic E-state index is -0.0125. The third-order valence-electron chi connectivity index (χ3n) is 2.79. The number of benzene rings is 1. The van der Waals surface area contributed by atoms with Gasteiger partial charge in [-0.2, -0.15) is 23.5 Å². The Morgan fingerprint density at radius 3 is 2.94 bits per heavy atom. The van der Waals surface area contributed by atoms with Crippen LogP contribution in [0.25, 0.3) is 0 Å². The van der Waals surface area contributed by atoms with Gasteiger partial charge in [0.25, 0.3) is 0 Å². The van der Waals surface area contributed by atoms with Crippen molar-refractivity contribution in [2.24, 2.45) is 5.73 Å². The van der Waals surface area contributed by atoms with E-state index in [0.717, 1.165) is 17.1 Å². The maximum atomic E-state index is 6.34. The van der Waals surface area contributed by atoms with Gasteiger partial charge in [-0.1, -0.05) is 11.6 Å². The smallest absolute Gasteiger partial charge is 0.123 e. The summed E-state index contributed by atoms with van der Waals surface area (Å²) >= 11 is 9.95. The molecular weight excluding hydrogens is 274 g/mol. The first-order chi connectivity index (χ1) is 8.22. The van der Waals surface area contributed by atoms with Crippen molar-refractivity contribution in [2.75, 3.05) is 24.4 Å². The molecule has 1 heterocycles. The number of methoxy groups -OCH3 is 1. The Balaban J connectivity index is 2.21. The Hall–Kier alpha value is -0.0300.